The molecule has 0 radical (unpaired) electrons. The first-order valence-corrected chi connectivity index (χ1v) is 5.01. The zero-order valence-electron chi connectivity index (χ0n) is 8.52. The highest BCUT2D eigenvalue weighted by atomic mass is 19.1. The monoisotopic (exact) mass is 225 g/mol. The topological polar surface area (TPSA) is 81.2 Å². The van der Waals surface area contributed by atoms with Crippen LogP contribution in [0, 0.1) is 15.9 Å². The number of benzene rings is 1. The second-order valence-electron chi connectivity index (χ2n) is 4.03. The minimum Gasteiger partial charge on any atom is -0.382 e. The molecule has 0 atom stereocenters. The predicted molar refractivity (Wildman–Crippen MR) is 57.7 cm³/mol. The van der Waals surface area contributed by atoms with Crippen LogP contribution in [-0.4, -0.2) is 17.0 Å². The molecular weight excluding hydrogens is 213 g/mol. The van der Waals surface area contributed by atoms with Crippen molar-refractivity contribution in [1.82, 2.24) is 0 Å². The maximum atomic E-state index is 13.1. The van der Waals surface area contributed by atoms with Gasteiger partial charge in [-0.05, 0) is 18.9 Å². The van der Waals surface area contributed by atoms with E-state index < -0.39 is 10.7 Å². The Morgan fingerprint density at radius 3 is 2.69 bits per heavy atom. The highest BCUT2D eigenvalue weighted by Crippen LogP contribution is 2.25. The largest absolute Gasteiger partial charge is 0.382 e. The molecule has 0 aliphatic heterocycles. The molecule has 0 aromatic heterocycles. The molecule has 0 unspecified atom stereocenters. The Morgan fingerprint density at radius 2 is 2.12 bits per heavy atom. The molecule has 1 saturated carbocycles. The SMILES string of the molecule is NC1CC(Nc2cc(F)cc([N+](=O)[O-])c2)C1. The molecule has 6 heteroatoms. The van der Waals surface area contributed by atoms with Crippen LogP contribution in [0.2, 0.25) is 0 Å². The van der Waals surface area contributed by atoms with E-state index in [0.717, 1.165) is 18.9 Å². The molecule has 0 heterocycles. The van der Waals surface area contributed by atoms with E-state index in [4.69, 9.17) is 5.73 Å². The van der Waals surface area contributed by atoms with Crippen molar-refractivity contribution in [2.24, 2.45) is 5.73 Å². The number of rotatable bonds is 3. The highest BCUT2D eigenvalue weighted by Gasteiger charge is 2.26. The molecule has 86 valence electrons. The first-order chi connectivity index (χ1) is 7.54. The van der Waals surface area contributed by atoms with E-state index in [2.05, 4.69) is 5.32 Å². The molecule has 2 rings (SSSR count). The van der Waals surface area contributed by atoms with Gasteiger partial charge >= 0.3 is 0 Å². The Morgan fingerprint density at radius 1 is 1.44 bits per heavy atom. The summed E-state index contributed by atoms with van der Waals surface area (Å²) >= 11 is 0. The van der Waals surface area contributed by atoms with Crippen molar-refractivity contribution < 1.29 is 9.31 Å². The zero-order valence-corrected chi connectivity index (χ0v) is 8.52. The third kappa shape index (κ3) is 2.27. The molecule has 0 bridgehead atoms. The van der Waals surface area contributed by atoms with Gasteiger partial charge in [-0.2, -0.15) is 0 Å². The fraction of sp³-hybridized carbons (Fsp3) is 0.400. The lowest BCUT2D eigenvalue weighted by Gasteiger charge is -2.33. The lowest BCUT2D eigenvalue weighted by molar-refractivity contribution is -0.385. The van der Waals surface area contributed by atoms with Crippen LogP contribution in [0.25, 0.3) is 0 Å². The summed E-state index contributed by atoms with van der Waals surface area (Å²) in [5, 5.41) is 13.5. The van der Waals surface area contributed by atoms with Gasteiger partial charge in [0.25, 0.3) is 5.69 Å². The van der Waals surface area contributed by atoms with Gasteiger partial charge in [0.2, 0.25) is 0 Å². The van der Waals surface area contributed by atoms with Crippen molar-refractivity contribution in [2.75, 3.05) is 5.32 Å². The van der Waals surface area contributed by atoms with Crippen molar-refractivity contribution in [3.05, 3.63) is 34.1 Å². The van der Waals surface area contributed by atoms with Crippen molar-refractivity contribution in [3.8, 4) is 0 Å². The Balaban J connectivity index is 2.11. The maximum Gasteiger partial charge on any atom is 0.274 e. The van der Waals surface area contributed by atoms with Crippen LogP contribution in [-0.2, 0) is 0 Å². The van der Waals surface area contributed by atoms with E-state index in [1.165, 1.54) is 12.1 Å². The molecule has 0 amide bonds. The number of hydrogen-bond donors (Lipinski definition) is 2. The predicted octanol–water partition coefficient (Wildman–Crippen LogP) is 1.64. The normalized spacial score (nSPS) is 23.6. The van der Waals surface area contributed by atoms with Gasteiger partial charge in [0.05, 0.1) is 11.0 Å². The van der Waals surface area contributed by atoms with Gasteiger partial charge < -0.3 is 11.1 Å². The molecule has 1 aliphatic carbocycles. The molecule has 16 heavy (non-hydrogen) atoms. The molecule has 1 aliphatic rings. The van der Waals surface area contributed by atoms with Crippen LogP contribution < -0.4 is 11.1 Å². The van der Waals surface area contributed by atoms with Crippen molar-refractivity contribution in [2.45, 2.75) is 24.9 Å². The number of nitrogens with one attached hydrogen (secondary N) is 1. The van der Waals surface area contributed by atoms with Crippen LogP contribution >= 0.6 is 0 Å². The lowest BCUT2D eigenvalue weighted by Crippen LogP contribution is -2.44. The second kappa shape index (κ2) is 4.05. The fourth-order valence-corrected chi connectivity index (χ4v) is 1.78. The molecule has 5 nitrogen and oxygen atoms in total. The number of nitro benzene ring substituents is 1. The Bertz CT molecular complexity index is 419. The van der Waals surface area contributed by atoms with E-state index in [0.29, 0.717) is 5.69 Å². The minimum atomic E-state index is -0.611. The molecular formula is C10H12FN3O2. The molecule has 1 fully saturated rings. The van der Waals surface area contributed by atoms with Gasteiger partial charge in [-0.3, -0.25) is 10.1 Å². The molecule has 1 aromatic rings. The Labute approximate surface area is 91.6 Å². The summed E-state index contributed by atoms with van der Waals surface area (Å²) in [5.74, 6) is -0.611. The molecule has 3 N–H and O–H groups in total. The van der Waals surface area contributed by atoms with Gasteiger partial charge in [0, 0.05) is 23.8 Å². The fourth-order valence-electron chi connectivity index (χ4n) is 1.78. The van der Waals surface area contributed by atoms with Crippen molar-refractivity contribution in [3.63, 3.8) is 0 Å². The summed E-state index contributed by atoms with van der Waals surface area (Å²) in [6, 6.07) is 3.85. The average molecular weight is 225 g/mol. The van der Waals surface area contributed by atoms with Crippen LogP contribution in [0.3, 0.4) is 0 Å². The summed E-state index contributed by atoms with van der Waals surface area (Å²) in [6.45, 7) is 0. The number of nitro groups is 1. The van der Waals surface area contributed by atoms with Crippen LogP contribution in [0.5, 0.6) is 0 Å². The van der Waals surface area contributed by atoms with E-state index in [1.54, 1.807) is 0 Å². The maximum absolute atomic E-state index is 13.1. The third-order valence-electron chi connectivity index (χ3n) is 2.64. The summed E-state index contributed by atoms with van der Waals surface area (Å²) in [5.41, 5.74) is 5.80. The summed E-state index contributed by atoms with van der Waals surface area (Å²) in [4.78, 5) is 9.91. The van der Waals surface area contributed by atoms with Crippen LogP contribution in [0.15, 0.2) is 18.2 Å². The van der Waals surface area contributed by atoms with E-state index in [1.807, 2.05) is 0 Å². The van der Waals surface area contributed by atoms with E-state index in [-0.39, 0.29) is 17.8 Å². The molecule has 1 aromatic carbocycles. The first kappa shape index (κ1) is 10.8. The quantitative estimate of drug-likeness (QED) is 0.605. The van der Waals surface area contributed by atoms with E-state index >= 15 is 0 Å². The highest BCUT2D eigenvalue weighted by molar-refractivity contribution is 5.52. The number of nitrogens with two attached hydrogens (primary N) is 1. The zero-order chi connectivity index (χ0) is 11.7. The van der Waals surface area contributed by atoms with Gasteiger partial charge in [0.1, 0.15) is 5.82 Å². The van der Waals surface area contributed by atoms with Gasteiger partial charge in [-0.15, -0.1) is 0 Å². The van der Waals surface area contributed by atoms with Gasteiger partial charge in [0.15, 0.2) is 0 Å². The minimum absolute atomic E-state index is 0.182. The Hall–Kier alpha value is -1.69. The number of hydrogen-bond acceptors (Lipinski definition) is 4. The van der Waals surface area contributed by atoms with Crippen molar-refractivity contribution in [1.29, 1.82) is 0 Å². The standard InChI is InChI=1S/C10H12FN3O2/c11-6-1-8(5-10(2-6)14(15)16)13-9-3-7(12)4-9/h1-2,5,7,9,13H,3-4,12H2. The van der Waals surface area contributed by atoms with E-state index in [9.17, 15) is 14.5 Å². The smallest absolute Gasteiger partial charge is 0.274 e. The number of halogens is 1. The number of anilines is 1. The molecule has 0 saturated heterocycles. The lowest BCUT2D eigenvalue weighted by atomic mass is 9.87. The number of nitrogens with zero attached hydrogens (tertiary/aromatic N) is 1. The first-order valence-electron chi connectivity index (χ1n) is 5.01. The Kier molecular flexibility index (Phi) is 2.74. The van der Waals surface area contributed by atoms with Gasteiger partial charge in [-0.25, -0.2) is 4.39 Å². The second-order valence-corrected chi connectivity index (χ2v) is 4.03. The summed E-state index contributed by atoms with van der Waals surface area (Å²) in [7, 11) is 0. The van der Waals surface area contributed by atoms with Gasteiger partial charge in [-0.1, -0.05) is 0 Å². The summed E-state index contributed by atoms with van der Waals surface area (Å²) in [6.07, 6.45) is 1.62. The van der Waals surface area contributed by atoms with Crippen LogP contribution in [0.4, 0.5) is 15.8 Å². The van der Waals surface area contributed by atoms with Crippen molar-refractivity contribution >= 4 is 11.4 Å². The molecule has 0 spiro atoms. The number of non-ortho nitro benzene ring substituents is 1. The third-order valence-corrected chi connectivity index (χ3v) is 2.64. The average Bonchev–Trinajstić information content (AvgIpc) is 2.14. The van der Waals surface area contributed by atoms with Crippen LogP contribution in [0.1, 0.15) is 12.8 Å². The summed E-state index contributed by atoms with van der Waals surface area (Å²) < 4.78 is 13.1.